The van der Waals surface area contributed by atoms with Crippen molar-refractivity contribution in [1.29, 1.82) is 0 Å². The second-order valence-corrected chi connectivity index (χ2v) is 3.20. The van der Waals surface area contributed by atoms with E-state index in [9.17, 15) is 0 Å². The Balaban J connectivity index is 2.61. The minimum absolute atomic E-state index is 0.367. The van der Waals surface area contributed by atoms with Crippen LogP contribution >= 0.6 is 0 Å². The van der Waals surface area contributed by atoms with Gasteiger partial charge in [0.05, 0.1) is 6.20 Å². The van der Waals surface area contributed by atoms with E-state index in [4.69, 9.17) is 14.7 Å². The van der Waals surface area contributed by atoms with Crippen molar-refractivity contribution >= 4 is 18.1 Å². The van der Waals surface area contributed by atoms with Crippen molar-refractivity contribution in [3.8, 4) is 5.75 Å². The van der Waals surface area contributed by atoms with Gasteiger partial charge in [0.25, 0.3) is 0 Å². The van der Waals surface area contributed by atoms with E-state index in [1.165, 1.54) is 6.20 Å². The Morgan fingerprint density at radius 3 is 2.53 bits per heavy atom. The van der Waals surface area contributed by atoms with E-state index >= 15 is 0 Å². The van der Waals surface area contributed by atoms with Gasteiger partial charge in [-0.05, 0) is 6.92 Å². The van der Waals surface area contributed by atoms with E-state index in [-0.39, 0.29) is 0 Å². The lowest BCUT2D eigenvalue weighted by molar-refractivity contribution is 0.289. The van der Waals surface area contributed by atoms with E-state index in [1.807, 2.05) is 31.2 Å². The number of benzene rings is 1. The molecule has 4 nitrogen and oxygen atoms in total. The lowest BCUT2D eigenvalue weighted by Gasteiger charge is -2.09. The maximum absolute atomic E-state index is 8.74. The SMILES string of the molecule is Cc1ncc(OB(O)O)c2ccccc12. The van der Waals surface area contributed by atoms with Gasteiger partial charge in [-0.1, -0.05) is 24.3 Å². The highest BCUT2D eigenvalue weighted by Gasteiger charge is 2.14. The van der Waals surface area contributed by atoms with Gasteiger partial charge in [-0.15, -0.1) is 0 Å². The molecule has 0 fully saturated rings. The molecule has 0 unspecified atom stereocenters. The van der Waals surface area contributed by atoms with Crippen LogP contribution in [-0.4, -0.2) is 22.4 Å². The molecule has 0 atom stereocenters. The molecule has 0 saturated heterocycles. The van der Waals surface area contributed by atoms with Gasteiger partial charge in [-0.2, -0.15) is 0 Å². The molecule has 5 heteroatoms. The van der Waals surface area contributed by atoms with Gasteiger partial charge in [-0.25, -0.2) is 0 Å². The summed E-state index contributed by atoms with van der Waals surface area (Å²) in [7, 11) is -1.82. The number of hydrogen-bond acceptors (Lipinski definition) is 4. The molecule has 0 radical (unpaired) electrons. The number of hydrogen-bond donors (Lipinski definition) is 2. The largest absolute Gasteiger partial charge is 0.707 e. The van der Waals surface area contributed by atoms with Crippen molar-refractivity contribution in [1.82, 2.24) is 4.98 Å². The summed E-state index contributed by atoms with van der Waals surface area (Å²) in [6, 6.07) is 7.52. The minimum atomic E-state index is -1.82. The molecule has 76 valence electrons. The van der Waals surface area contributed by atoms with Crippen molar-refractivity contribution in [3.63, 3.8) is 0 Å². The Hall–Kier alpha value is -1.59. The van der Waals surface area contributed by atoms with E-state index in [0.717, 1.165) is 16.5 Å². The van der Waals surface area contributed by atoms with Gasteiger partial charge >= 0.3 is 7.32 Å². The highest BCUT2D eigenvalue weighted by Crippen LogP contribution is 2.26. The number of fused-ring (bicyclic) bond motifs is 1. The van der Waals surface area contributed by atoms with E-state index in [1.54, 1.807) is 0 Å². The zero-order valence-corrected chi connectivity index (χ0v) is 8.21. The van der Waals surface area contributed by atoms with Crippen LogP contribution in [0.15, 0.2) is 30.5 Å². The van der Waals surface area contributed by atoms with Crippen LogP contribution in [-0.2, 0) is 0 Å². The zero-order chi connectivity index (χ0) is 10.8. The molecule has 0 aliphatic heterocycles. The summed E-state index contributed by atoms with van der Waals surface area (Å²) in [4.78, 5) is 4.11. The Morgan fingerprint density at radius 2 is 1.87 bits per heavy atom. The topological polar surface area (TPSA) is 62.6 Å². The van der Waals surface area contributed by atoms with Crippen molar-refractivity contribution in [3.05, 3.63) is 36.2 Å². The molecule has 0 spiro atoms. The Bertz CT molecular complexity index is 487. The van der Waals surface area contributed by atoms with Crippen molar-refractivity contribution < 1.29 is 14.7 Å². The van der Waals surface area contributed by atoms with E-state index < -0.39 is 7.32 Å². The summed E-state index contributed by atoms with van der Waals surface area (Å²) >= 11 is 0. The first-order chi connectivity index (χ1) is 7.18. The first kappa shape index (κ1) is 9.95. The molecule has 0 aliphatic carbocycles. The summed E-state index contributed by atoms with van der Waals surface area (Å²) in [5, 5.41) is 19.2. The number of nitrogens with zero attached hydrogens (tertiary/aromatic N) is 1. The number of aryl methyl sites for hydroxylation is 1. The third-order valence-electron chi connectivity index (χ3n) is 2.19. The molecule has 0 amide bonds. The van der Waals surface area contributed by atoms with Gasteiger partial charge in [-0.3, -0.25) is 4.98 Å². The molecule has 0 bridgehead atoms. The average Bonchev–Trinajstić information content (AvgIpc) is 2.22. The maximum Gasteiger partial charge on any atom is 0.707 e. The Labute approximate surface area is 87.3 Å². The molecule has 0 saturated carbocycles. The molecule has 2 N–H and O–H groups in total. The van der Waals surface area contributed by atoms with E-state index in [0.29, 0.717) is 5.75 Å². The van der Waals surface area contributed by atoms with Crippen LogP contribution in [0.3, 0.4) is 0 Å². The second kappa shape index (κ2) is 3.88. The lowest BCUT2D eigenvalue weighted by atomic mass is 10.1. The lowest BCUT2D eigenvalue weighted by Crippen LogP contribution is -2.20. The van der Waals surface area contributed by atoms with Gasteiger partial charge in [0, 0.05) is 16.5 Å². The van der Waals surface area contributed by atoms with Crippen LogP contribution in [0, 0.1) is 6.92 Å². The number of pyridine rings is 1. The van der Waals surface area contributed by atoms with Crippen molar-refractivity contribution in [2.75, 3.05) is 0 Å². The van der Waals surface area contributed by atoms with Crippen LogP contribution in [0.2, 0.25) is 0 Å². The highest BCUT2D eigenvalue weighted by molar-refractivity contribution is 6.34. The summed E-state index contributed by atoms with van der Waals surface area (Å²) < 4.78 is 4.83. The van der Waals surface area contributed by atoms with Crippen LogP contribution in [0.4, 0.5) is 0 Å². The van der Waals surface area contributed by atoms with Crippen LogP contribution in [0.25, 0.3) is 10.8 Å². The summed E-state index contributed by atoms with van der Waals surface area (Å²) in [5.41, 5.74) is 0.880. The Morgan fingerprint density at radius 1 is 1.20 bits per heavy atom. The summed E-state index contributed by atoms with van der Waals surface area (Å²) in [6.45, 7) is 1.89. The van der Waals surface area contributed by atoms with Gasteiger partial charge < -0.3 is 14.7 Å². The fraction of sp³-hybridized carbons (Fsp3) is 0.100. The summed E-state index contributed by atoms with van der Waals surface area (Å²) in [6.07, 6.45) is 1.48. The van der Waals surface area contributed by atoms with Crippen LogP contribution < -0.4 is 4.65 Å². The van der Waals surface area contributed by atoms with Crippen molar-refractivity contribution in [2.24, 2.45) is 0 Å². The third kappa shape index (κ3) is 1.93. The molecular formula is C10H10BNO3. The van der Waals surface area contributed by atoms with Gasteiger partial charge in [0.15, 0.2) is 0 Å². The normalized spacial score (nSPS) is 10.3. The Kier molecular flexibility index (Phi) is 2.57. The molecule has 1 heterocycles. The predicted octanol–water partition coefficient (Wildman–Crippen LogP) is 0.892. The maximum atomic E-state index is 8.74. The molecule has 15 heavy (non-hydrogen) atoms. The monoisotopic (exact) mass is 203 g/mol. The molecular weight excluding hydrogens is 193 g/mol. The fourth-order valence-corrected chi connectivity index (χ4v) is 1.52. The molecule has 1 aromatic carbocycles. The number of aromatic nitrogens is 1. The second-order valence-electron chi connectivity index (χ2n) is 3.20. The van der Waals surface area contributed by atoms with Gasteiger partial charge in [0.1, 0.15) is 5.75 Å². The smallest absolute Gasteiger partial charge is 0.510 e. The van der Waals surface area contributed by atoms with Gasteiger partial charge in [0.2, 0.25) is 0 Å². The zero-order valence-electron chi connectivity index (χ0n) is 8.21. The standard InChI is InChI=1S/C10H10BNO3/c1-7-8-4-2-3-5-9(8)10(6-12-7)15-11(13)14/h2-6,13-14H,1H3. The third-order valence-corrected chi connectivity index (χ3v) is 2.19. The molecule has 1 aromatic heterocycles. The van der Waals surface area contributed by atoms with Crippen molar-refractivity contribution in [2.45, 2.75) is 6.92 Å². The summed E-state index contributed by atoms with van der Waals surface area (Å²) in [5.74, 6) is 0.367. The van der Waals surface area contributed by atoms with Crippen LogP contribution in [0.5, 0.6) is 5.75 Å². The minimum Gasteiger partial charge on any atom is -0.510 e. The van der Waals surface area contributed by atoms with Crippen LogP contribution in [0.1, 0.15) is 5.69 Å². The first-order valence-corrected chi connectivity index (χ1v) is 4.55. The predicted molar refractivity (Wildman–Crippen MR) is 57.3 cm³/mol. The number of rotatable bonds is 2. The molecule has 2 aromatic rings. The fourth-order valence-electron chi connectivity index (χ4n) is 1.52. The quantitative estimate of drug-likeness (QED) is 0.711. The molecule has 2 rings (SSSR count). The van der Waals surface area contributed by atoms with E-state index in [2.05, 4.69) is 4.98 Å². The molecule has 0 aliphatic rings. The average molecular weight is 203 g/mol. The highest BCUT2D eigenvalue weighted by atomic mass is 16.6. The first-order valence-electron chi connectivity index (χ1n) is 4.55.